The first-order valence-electron chi connectivity index (χ1n) is 14.1. The van der Waals surface area contributed by atoms with Crippen molar-refractivity contribution in [2.45, 2.75) is 92.1 Å². The van der Waals surface area contributed by atoms with Gasteiger partial charge in [0.15, 0.2) is 5.78 Å². The van der Waals surface area contributed by atoms with Crippen LogP contribution in [0.2, 0.25) is 0 Å². The molecule has 1 rings (SSSR count). The van der Waals surface area contributed by atoms with Crippen molar-refractivity contribution >= 4 is 29.5 Å². The van der Waals surface area contributed by atoms with Crippen molar-refractivity contribution in [1.82, 2.24) is 15.5 Å². The van der Waals surface area contributed by atoms with Gasteiger partial charge in [0.25, 0.3) is 0 Å². The SMILES string of the molecule is CCCC(C(=O)N[C@@H](CCCNC(N)=O)C(O)Nc1ccc(COC(=O)N(C)[C@H](C(C)=O)C(C)C)cc1)C(C)C. The molecule has 4 amide bonds. The largest absolute Gasteiger partial charge is 0.445 e. The van der Waals surface area contributed by atoms with E-state index >= 15 is 0 Å². The molecule has 0 radical (unpaired) electrons. The molecule has 226 valence electrons. The number of aliphatic hydroxyl groups excluding tert-OH is 1. The lowest BCUT2D eigenvalue weighted by Crippen LogP contribution is -2.49. The van der Waals surface area contributed by atoms with Crippen LogP contribution in [0.1, 0.15) is 72.8 Å². The summed E-state index contributed by atoms with van der Waals surface area (Å²) in [7, 11) is 1.55. The van der Waals surface area contributed by atoms with E-state index in [1.807, 2.05) is 34.6 Å². The Morgan fingerprint density at radius 1 is 1.02 bits per heavy atom. The molecule has 6 N–H and O–H groups in total. The predicted octanol–water partition coefficient (Wildman–Crippen LogP) is 3.60. The highest BCUT2D eigenvalue weighted by molar-refractivity contribution is 5.85. The van der Waals surface area contributed by atoms with Gasteiger partial charge in [-0.1, -0.05) is 53.2 Å². The van der Waals surface area contributed by atoms with Crippen LogP contribution in [-0.4, -0.2) is 65.7 Å². The lowest BCUT2D eigenvalue weighted by Gasteiger charge is -2.29. The summed E-state index contributed by atoms with van der Waals surface area (Å²) in [6.45, 7) is 11.6. The fourth-order valence-corrected chi connectivity index (χ4v) is 4.73. The molecule has 0 aliphatic rings. The van der Waals surface area contributed by atoms with Gasteiger partial charge >= 0.3 is 12.1 Å². The number of rotatable bonds is 17. The summed E-state index contributed by atoms with van der Waals surface area (Å²) in [4.78, 5) is 49.7. The Labute approximate surface area is 238 Å². The molecule has 40 heavy (non-hydrogen) atoms. The minimum absolute atomic E-state index is 0.0221. The van der Waals surface area contributed by atoms with Crippen LogP contribution in [-0.2, 0) is 20.9 Å². The molecule has 0 spiro atoms. The van der Waals surface area contributed by atoms with E-state index in [4.69, 9.17) is 10.5 Å². The van der Waals surface area contributed by atoms with Gasteiger partial charge in [-0.2, -0.15) is 0 Å². The third-order valence-corrected chi connectivity index (χ3v) is 6.83. The van der Waals surface area contributed by atoms with Crippen LogP contribution in [0.5, 0.6) is 0 Å². The monoisotopic (exact) mass is 563 g/mol. The number of aliphatic hydroxyl groups is 1. The number of ether oxygens (including phenoxy) is 1. The summed E-state index contributed by atoms with van der Waals surface area (Å²) in [5.74, 6) is -0.273. The van der Waals surface area contributed by atoms with Crippen molar-refractivity contribution < 1.29 is 29.0 Å². The van der Waals surface area contributed by atoms with Crippen LogP contribution >= 0.6 is 0 Å². The molecule has 0 fully saturated rings. The number of amides is 4. The Balaban J connectivity index is 2.84. The van der Waals surface area contributed by atoms with Crippen molar-refractivity contribution in [2.75, 3.05) is 18.9 Å². The Kier molecular flexibility index (Phi) is 15.1. The standard InChI is InChI=1S/C29H49N5O6/c1-8-10-23(18(2)3)26(36)33-24(11-9-16-31-28(30)38)27(37)32-22-14-12-21(13-15-22)17-40-29(39)34(7)25(19(4)5)20(6)35/h12-15,18-19,23-25,27,32,37H,8-11,16-17H2,1-7H3,(H,33,36)(H3,30,31,38)/t23?,24-,25-,27?/m0/s1. The fourth-order valence-electron chi connectivity index (χ4n) is 4.73. The van der Waals surface area contributed by atoms with E-state index in [0.29, 0.717) is 25.1 Å². The van der Waals surface area contributed by atoms with Crippen LogP contribution < -0.4 is 21.7 Å². The molecule has 0 aliphatic heterocycles. The molecule has 11 heteroatoms. The Bertz CT molecular complexity index is 953. The number of hydrogen-bond acceptors (Lipinski definition) is 7. The highest BCUT2D eigenvalue weighted by atomic mass is 16.6. The molecule has 1 aromatic rings. The van der Waals surface area contributed by atoms with E-state index in [-0.39, 0.29) is 36.1 Å². The van der Waals surface area contributed by atoms with Gasteiger partial charge in [0.2, 0.25) is 5.91 Å². The number of nitrogens with two attached hydrogens (primary N) is 1. The molecule has 11 nitrogen and oxygen atoms in total. The van der Waals surface area contributed by atoms with E-state index in [9.17, 15) is 24.3 Å². The second kappa shape index (κ2) is 17.4. The zero-order chi connectivity index (χ0) is 30.4. The number of hydrogen-bond donors (Lipinski definition) is 5. The summed E-state index contributed by atoms with van der Waals surface area (Å²) < 4.78 is 5.39. The number of carbonyl (C=O) groups is 4. The molecule has 0 aliphatic carbocycles. The highest BCUT2D eigenvalue weighted by Crippen LogP contribution is 2.19. The van der Waals surface area contributed by atoms with Gasteiger partial charge in [-0.3, -0.25) is 9.59 Å². The fraction of sp³-hybridized carbons (Fsp3) is 0.655. The van der Waals surface area contributed by atoms with Gasteiger partial charge in [-0.05, 0) is 55.7 Å². The number of benzene rings is 1. The van der Waals surface area contributed by atoms with Gasteiger partial charge in [-0.15, -0.1) is 0 Å². The van der Waals surface area contributed by atoms with Crippen molar-refractivity contribution in [2.24, 2.45) is 23.5 Å². The molecule has 1 aromatic carbocycles. The highest BCUT2D eigenvalue weighted by Gasteiger charge is 2.29. The number of Topliss-reactive ketones (excluding diaryl/α,β-unsaturated/α-hetero) is 1. The summed E-state index contributed by atoms with van der Waals surface area (Å²) in [6, 6.07) is 5.21. The van der Waals surface area contributed by atoms with Gasteiger partial charge in [0, 0.05) is 25.2 Å². The quantitative estimate of drug-likeness (QED) is 0.143. The molecular weight excluding hydrogens is 514 g/mol. The number of nitrogens with one attached hydrogen (secondary N) is 3. The van der Waals surface area contributed by atoms with Crippen molar-refractivity contribution in [3.63, 3.8) is 0 Å². The molecule has 0 heterocycles. The number of primary amides is 1. The number of urea groups is 1. The van der Waals surface area contributed by atoms with E-state index in [0.717, 1.165) is 18.4 Å². The lowest BCUT2D eigenvalue weighted by molar-refractivity contribution is -0.128. The zero-order valence-corrected chi connectivity index (χ0v) is 25.0. The number of nitrogens with zero attached hydrogens (tertiary/aromatic N) is 1. The molecule has 0 saturated carbocycles. The molecule has 0 saturated heterocycles. The van der Waals surface area contributed by atoms with Crippen LogP contribution in [0.3, 0.4) is 0 Å². The third-order valence-electron chi connectivity index (χ3n) is 6.83. The normalized spacial score (nSPS) is 14.2. The molecular formula is C29H49N5O6. The minimum atomic E-state index is -1.09. The molecule has 0 aromatic heterocycles. The maximum Gasteiger partial charge on any atom is 0.410 e. The summed E-state index contributed by atoms with van der Waals surface area (Å²) in [5.41, 5.74) is 6.48. The first-order chi connectivity index (χ1) is 18.8. The van der Waals surface area contributed by atoms with Gasteiger partial charge in [0.05, 0.1) is 12.1 Å². The van der Waals surface area contributed by atoms with Crippen LogP contribution in [0.4, 0.5) is 15.3 Å². The summed E-state index contributed by atoms with van der Waals surface area (Å²) >= 11 is 0. The molecule has 4 atom stereocenters. The second-order valence-electron chi connectivity index (χ2n) is 10.9. The van der Waals surface area contributed by atoms with Gasteiger partial charge < -0.3 is 36.4 Å². The molecule has 2 unspecified atom stereocenters. The zero-order valence-electron chi connectivity index (χ0n) is 25.0. The van der Waals surface area contributed by atoms with Crippen molar-refractivity contribution in [3.8, 4) is 0 Å². The maximum atomic E-state index is 13.0. The summed E-state index contributed by atoms with van der Waals surface area (Å²) in [5, 5.41) is 19.5. The number of carbonyl (C=O) groups excluding carboxylic acids is 4. The van der Waals surface area contributed by atoms with Crippen LogP contribution in [0.15, 0.2) is 24.3 Å². The average Bonchev–Trinajstić information content (AvgIpc) is 2.87. The average molecular weight is 564 g/mol. The maximum absolute atomic E-state index is 13.0. The predicted molar refractivity (Wildman–Crippen MR) is 155 cm³/mol. The van der Waals surface area contributed by atoms with E-state index < -0.39 is 30.4 Å². The number of ketones is 1. The Hall–Kier alpha value is -3.34. The Morgan fingerprint density at radius 2 is 1.65 bits per heavy atom. The van der Waals surface area contributed by atoms with E-state index in [1.54, 1.807) is 31.3 Å². The second-order valence-corrected chi connectivity index (χ2v) is 10.9. The number of likely N-dealkylation sites (N-methyl/N-ethyl adjacent to an activating group) is 1. The van der Waals surface area contributed by atoms with Crippen LogP contribution in [0.25, 0.3) is 0 Å². The van der Waals surface area contributed by atoms with E-state index in [1.165, 1.54) is 11.8 Å². The number of anilines is 1. The van der Waals surface area contributed by atoms with Crippen molar-refractivity contribution in [1.29, 1.82) is 0 Å². The van der Waals surface area contributed by atoms with E-state index in [2.05, 4.69) is 16.0 Å². The summed E-state index contributed by atoms with van der Waals surface area (Å²) in [6.07, 6.45) is 0.862. The smallest absolute Gasteiger partial charge is 0.410 e. The van der Waals surface area contributed by atoms with Crippen molar-refractivity contribution in [3.05, 3.63) is 29.8 Å². The lowest BCUT2D eigenvalue weighted by atomic mass is 9.90. The topological polar surface area (TPSA) is 163 Å². The third kappa shape index (κ3) is 11.8. The first kappa shape index (κ1) is 34.7. The minimum Gasteiger partial charge on any atom is -0.445 e. The Morgan fingerprint density at radius 3 is 2.15 bits per heavy atom. The van der Waals surface area contributed by atoms with Gasteiger partial charge in [-0.25, -0.2) is 9.59 Å². The van der Waals surface area contributed by atoms with Gasteiger partial charge in [0.1, 0.15) is 12.8 Å². The van der Waals surface area contributed by atoms with Crippen LogP contribution in [0, 0.1) is 17.8 Å². The molecule has 0 bridgehead atoms. The first-order valence-corrected chi connectivity index (χ1v) is 14.1.